The monoisotopic (exact) mass is 275 g/mol. The van der Waals surface area contributed by atoms with E-state index in [1.165, 1.54) is 5.56 Å². The first-order valence-corrected chi connectivity index (χ1v) is 7.05. The lowest BCUT2D eigenvalue weighted by Gasteiger charge is -2.06. The first-order valence-electron chi connectivity index (χ1n) is 6.07. The van der Waals surface area contributed by atoms with Crippen LogP contribution >= 0.6 is 11.8 Å². The molecule has 0 saturated heterocycles. The molecule has 0 aliphatic carbocycles. The molecule has 0 atom stereocenters. The van der Waals surface area contributed by atoms with Crippen molar-refractivity contribution in [2.24, 2.45) is 0 Å². The summed E-state index contributed by atoms with van der Waals surface area (Å²) >= 11 is 1.54. The van der Waals surface area contributed by atoms with Crippen molar-refractivity contribution >= 4 is 17.6 Å². The third-order valence-corrected chi connectivity index (χ3v) is 3.27. The lowest BCUT2D eigenvalue weighted by atomic mass is 10.2. The van der Waals surface area contributed by atoms with Crippen LogP contribution in [0.5, 0.6) is 5.75 Å². The second kappa shape index (κ2) is 6.43. The van der Waals surface area contributed by atoms with Gasteiger partial charge in [-0.05, 0) is 26.0 Å². The largest absolute Gasteiger partial charge is 0.493 e. The Balaban J connectivity index is 1.79. The molecule has 100 valence electrons. The van der Waals surface area contributed by atoms with Crippen molar-refractivity contribution in [1.82, 2.24) is 9.97 Å². The number of nitrogen functional groups attached to an aromatic ring is 1. The zero-order valence-corrected chi connectivity index (χ0v) is 11.9. The molecule has 0 saturated carbocycles. The highest BCUT2D eigenvalue weighted by molar-refractivity contribution is 7.99. The predicted molar refractivity (Wildman–Crippen MR) is 78.6 cm³/mol. The number of anilines is 1. The highest BCUT2D eigenvalue weighted by Crippen LogP contribution is 2.16. The Labute approximate surface area is 117 Å². The van der Waals surface area contributed by atoms with E-state index in [9.17, 15) is 0 Å². The summed E-state index contributed by atoms with van der Waals surface area (Å²) in [5.74, 6) is 2.18. The van der Waals surface area contributed by atoms with Gasteiger partial charge in [-0.15, -0.1) is 0 Å². The average molecular weight is 275 g/mol. The van der Waals surface area contributed by atoms with Crippen molar-refractivity contribution in [3.05, 3.63) is 41.6 Å². The molecular formula is C14H17N3OS. The summed E-state index contributed by atoms with van der Waals surface area (Å²) < 4.78 is 5.64. The molecule has 1 heterocycles. The molecule has 0 fully saturated rings. The third kappa shape index (κ3) is 4.44. The van der Waals surface area contributed by atoms with Gasteiger partial charge in [0.2, 0.25) is 0 Å². The molecular weight excluding hydrogens is 258 g/mol. The second-order valence-electron chi connectivity index (χ2n) is 4.23. The van der Waals surface area contributed by atoms with Crippen LogP contribution in [-0.2, 0) is 0 Å². The van der Waals surface area contributed by atoms with Crippen LogP contribution < -0.4 is 10.5 Å². The number of rotatable bonds is 5. The summed E-state index contributed by atoms with van der Waals surface area (Å²) in [5.41, 5.74) is 7.78. The van der Waals surface area contributed by atoms with Gasteiger partial charge in [-0.2, -0.15) is 0 Å². The summed E-state index contributed by atoms with van der Waals surface area (Å²) in [7, 11) is 0. The fourth-order valence-corrected chi connectivity index (χ4v) is 2.28. The number of benzene rings is 1. The van der Waals surface area contributed by atoms with Gasteiger partial charge in [-0.25, -0.2) is 9.97 Å². The van der Waals surface area contributed by atoms with Gasteiger partial charge in [0, 0.05) is 17.5 Å². The van der Waals surface area contributed by atoms with Crippen LogP contribution in [-0.4, -0.2) is 22.3 Å². The number of aromatic nitrogens is 2. The van der Waals surface area contributed by atoms with Gasteiger partial charge < -0.3 is 10.5 Å². The molecule has 2 N–H and O–H groups in total. The number of aryl methyl sites for hydroxylation is 2. The summed E-state index contributed by atoms with van der Waals surface area (Å²) in [6.45, 7) is 4.58. The van der Waals surface area contributed by atoms with Crippen LogP contribution in [0.2, 0.25) is 0 Å². The van der Waals surface area contributed by atoms with E-state index in [1.807, 2.05) is 31.2 Å². The third-order valence-electron chi connectivity index (χ3n) is 2.46. The lowest BCUT2D eigenvalue weighted by Crippen LogP contribution is -2.02. The fourth-order valence-electron chi connectivity index (χ4n) is 1.56. The van der Waals surface area contributed by atoms with E-state index in [2.05, 4.69) is 16.9 Å². The second-order valence-corrected chi connectivity index (χ2v) is 5.29. The van der Waals surface area contributed by atoms with Crippen LogP contribution in [0, 0.1) is 13.8 Å². The highest BCUT2D eigenvalue weighted by atomic mass is 32.2. The van der Waals surface area contributed by atoms with Gasteiger partial charge in [0.05, 0.1) is 6.61 Å². The predicted octanol–water partition coefficient (Wildman–Crippen LogP) is 2.85. The Bertz CT molecular complexity index is 523. The van der Waals surface area contributed by atoms with Gasteiger partial charge in [0.1, 0.15) is 11.6 Å². The van der Waals surface area contributed by atoms with Crippen LogP contribution in [0.4, 0.5) is 5.82 Å². The molecule has 0 aliphatic rings. The van der Waals surface area contributed by atoms with E-state index < -0.39 is 0 Å². The number of hydrogen-bond acceptors (Lipinski definition) is 5. The van der Waals surface area contributed by atoms with Crippen molar-refractivity contribution in [2.45, 2.75) is 19.0 Å². The number of nitrogens with two attached hydrogens (primary N) is 1. The quantitative estimate of drug-likeness (QED) is 0.516. The Morgan fingerprint density at radius 2 is 1.89 bits per heavy atom. The standard InChI is InChI=1S/C14H17N3OS/c1-10-3-5-12(6-4-10)18-7-8-19-14-16-11(2)9-13(15)17-14/h3-6,9H,7-8H2,1-2H3,(H2,15,16,17). The fraction of sp³-hybridized carbons (Fsp3) is 0.286. The summed E-state index contributed by atoms with van der Waals surface area (Å²) in [4.78, 5) is 8.47. The molecule has 2 rings (SSSR count). The Morgan fingerprint density at radius 3 is 2.58 bits per heavy atom. The van der Waals surface area contributed by atoms with Crippen LogP contribution in [0.3, 0.4) is 0 Å². The van der Waals surface area contributed by atoms with Gasteiger partial charge in [-0.3, -0.25) is 0 Å². The maximum Gasteiger partial charge on any atom is 0.189 e. The zero-order valence-electron chi connectivity index (χ0n) is 11.1. The number of ether oxygens (including phenoxy) is 1. The first kappa shape index (κ1) is 13.7. The van der Waals surface area contributed by atoms with E-state index in [1.54, 1.807) is 17.8 Å². The van der Waals surface area contributed by atoms with Gasteiger partial charge in [-0.1, -0.05) is 29.5 Å². The molecule has 5 heteroatoms. The van der Waals surface area contributed by atoms with Crippen LogP contribution in [0.1, 0.15) is 11.3 Å². The van der Waals surface area contributed by atoms with Crippen LogP contribution in [0.15, 0.2) is 35.5 Å². The topological polar surface area (TPSA) is 61.0 Å². The van der Waals surface area contributed by atoms with Gasteiger partial charge in [0.25, 0.3) is 0 Å². The zero-order chi connectivity index (χ0) is 13.7. The van der Waals surface area contributed by atoms with Crippen LogP contribution in [0.25, 0.3) is 0 Å². The Hall–Kier alpha value is -1.75. The average Bonchev–Trinajstić information content (AvgIpc) is 2.36. The molecule has 4 nitrogen and oxygen atoms in total. The smallest absolute Gasteiger partial charge is 0.189 e. The molecule has 0 bridgehead atoms. The normalized spacial score (nSPS) is 10.4. The summed E-state index contributed by atoms with van der Waals surface area (Å²) in [6, 6.07) is 9.77. The minimum atomic E-state index is 0.509. The van der Waals surface area contributed by atoms with Gasteiger partial charge in [0.15, 0.2) is 5.16 Å². The van der Waals surface area contributed by atoms with E-state index in [-0.39, 0.29) is 0 Å². The Kier molecular flexibility index (Phi) is 4.63. The SMILES string of the molecule is Cc1ccc(OCCSc2nc(C)cc(N)n2)cc1. The lowest BCUT2D eigenvalue weighted by molar-refractivity contribution is 0.344. The number of hydrogen-bond donors (Lipinski definition) is 1. The van der Waals surface area contributed by atoms with E-state index in [0.717, 1.165) is 17.2 Å². The molecule has 19 heavy (non-hydrogen) atoms. The number of nitrogens with zero attached hydrogens (tertiary/aromatic N) is 2. The van der Waals surface area contributed by atoms with Crippen molar-refractivity contribution in [3.8, 4) is 5.75 Å². The first-order chi connectivity index (χ1) is 9.13. The maximum atomic E-state index is 5.67. The maximum absolute atomic E-state index is 5.67. The molecule has 0 unspecified atom stereocenters. The summed E-state index contributed by atoms with van der Waals surface area (Å²) in [5, 5.41) is 0.699. The molecule has 0 spiro atoms. The Morgan fingerprint density at radius 1 is 1.16 bits per heavy atom. The van der Waals surface area contributed by atoms with Gasteiger partial charge >= 0.3 is 0 Å². The molecule has 1 aromatic carbocycles. The minimum absolute atomic E-state index is 0.509. The molecule has 0 amide bonds. The molecule has 2 aromatic rings. The molecule has 0 radical (unpaired) electrons. The molecule has 1 aromatic heterocycles. The minimum Gasteiger partial charge on any atom is -0.493 e. The van der Waals surface area contributed by atoms with Crippen molar-refractivity contribution in [1.29, 1.82) is 0 Å². The van der Waals surface area contributed by atoms with E-state index in [0.29, 0.717) is 17.6 Å². The van der Waals surface area contributed by atoms with Crippen molar-refractivity contribution in [3.63, 3.8) is 0 Å². The number of thioether (sulfide) groups is 1. The summed E-state index contributed by atoms with van der Waals surface area (Å²) in [6.07, 6.45) is 0. The van der Waals surface area contributed by atoms with E-state index in [4.69, 9.17) is 10.5 Å². The van der Waals surface area contributed by atoms with Crippen molar-refractivity contribution < 1.29 is 4.74 Å². The molecule has 0 aliphatic heterocycles. The van der Waals surface area contributed by atoms with Crippen molar-refractivity contribution in [2.75, 3.05) is 18.1 Å². The highest BCUT2D eigenvalue weighted by Gasteiger charge is 2.01. The van der Waals surface area contributed by atoms with E-state index >= 15 is 0 Å².